The average molecular weight is 331 g/mol. The number of hydrogen-bond acceptors (Lipinski definition) is 6. The van der Waals surface area contributed by atoms with E-state index in [2.05, 4.69) is 0 Å². The Morgan fingerprint density at radius 3 is 2.74 bits per heavy atom. The molecule has 1 aliphatic rings. The summed E-state index contributed by atoms with van der Waals surface area (Å²) in [4.78, 5) is 24.6. The van der Waals surface area contributed by atoms with Gasteiger partial charge >= 0.3 is 0 Å². The van der Waals surface area contributed by atoms with Crippen molar-refractivity contribution in [2.24, 2.45) is 0 Å². The Kier molecular flexibility index (Phi) is 4.12. The van der Waals surface area contributed by atoms with Crippen LogP contribution in [0, 0.1) is 10.1 Å². The van der Waals surface area contributed by atoms with Crippen LogP contribution in [0.15, 0.2) is 30.3 Å². The average Bonchev–Trinajstić information content (AvgIpc) is 3.19. The second kappa shape index (κ2) is 6.21. The SMILES string of the molecule is CCc1ccc(C(=O)/C=C/c2cc3c(cc2[N+](=O)[O-])OCO3)s1. The standard InChI is InChI=1S/C16H13NO5S/c1-2-11-4-6-16(23-11)13(18)5-3-10-7-14-15(22-9-21-14)8-12(10)17(19)20/h3-8H,2,9H2,1H3/b5-3+. The predicted molar refractivity (Wildman–Crippen MR) is 86.3 cm³/mol. The molecule has 0 fully saturated rings. The van der Waals surface area contributed by atoms with E-state index in [9.17, 15) is 14.9 Å². The normalized spacial score (nSPS) is 12.7. The molecule has 0 unspecified atom stereocenters. The summed E-state index contributed by atoms with van der Waals surface area (Å²) in [6.07, 6.45) is 3.65. The minimum atomic E-state index is -0.508. The number of nitro benzene ring substituents is 1. The number of carbonyl (C=O) groups excluding carboxylic acids is 1. The fraction of sp³-hybridized carbons (Fsp3) is 0.188. The Bertz CT molecular complexity index is 809. The van der Waals surface area contributed by atoms with Crippen molar-refractivity contribution in [2.75, 3.05) is 6.79 Å². The molecule has 118 valence electrons. The van der Waals surface area contributed by atoms with E-state index < -0.39 is 4.92 Å². The van der Waals surface area contributed by atoms with Crippen LogP contribution in [0.2, 0.25) is 0 Å². The molecular weight excluding hydrogens is 318 g/mol. The minimum Gasteiger partial charge on any atom is -0.454 e. The largest absolute Gasteiger partial charge is 0.454 e. The highest BCUT2D eigenvalue weighted by molar-refractivity contribution is 7.14. The Labute approximate surface area is 136 Å². The summed E-state index contributed by atoms with van der Waals surface area (Å²) in [6.45, 7) is 2.06. The molecular formula is C16H13NO5S. The van der Waals surface area contributed by atoms with Gasteiger partial charge in [-0.05, 0) is 36.8 Å². The van der Waals surface area contributed by atoms with Gasteiger partial charge in [-0.3, -0.25) is 14.9 Å². The van der Waals surface area contributed by atoms with Crippen molar-refractivity contribution >= 4 is 28.9 Å². The molecule has 1 aromatic carbocycles. The zero-order chi connectivity index (χ0) is 16.4. The van der Waals surface area contributed by atoms with Crippen LogP contribution in [-0.2, 0) is 6.42 Å². The molecule has 0 spiro atoms. The fourth-order valence-electron chi connectivity index (χ4n) is 2.19. The van der Waals surface area contributed by atoms with Gasteiger partial charge in [-0.1, -0.05) is 6.92 Å². The topological polar surface area (TPSA) is 78.7 Å². The number of benzene rings is 1. The molecule has 7 heteroatoms. The predicted octanol–water partition coefficient (Wildman–Crippen LogP) is 3.84. The highest BCUT2D eigenvalue weighted by Gasteiger charge is 2.22. The maximum atomic E-state index is 12.2. The molecule has 1 aliphatic heterocycles. The molecule has 0 saturated carbocycles. The van der Waals surface area contributed by atoms with Gasteiger partial charge < -0.3 is 9.47 Å². The van der Waals surface area contributed by atoms with Crippen LogP contribution in [0.25, 0.3) is 6.08 Å². The second-order valence-electron chi connectivity index (χ2n) is 4.84. The van der Waals surface area contributed by atoms with Gasteiger partial charge in [0.05, 0.1) is 21.4 Å². The quantitative estimate of drug-likeness (QED) is 0.360. The number of ketones is 1. The van der Waals surface area contributed by atoms with E-state index in [4.69, 9.17) is 9.47 Å². The molecule has 0 N–H and O–H groups in total. The lowest BCUT2D eigenvalue weighted by atomic mass is 10.1. The molecule has 0 saturated heterocycles. The van der Waals surface area contributed by atoms with E-state index in [0.717, 1.165) is 11.3 Å². The summed E-state index contributed by atoms with van der Waals surface area (Å²) in [5.41, 5.74) is 0.179. The van der Waals surface area contributed by atoms with E-state index in [0.29, 0.717) is 21.9 Å². The Balaban J connectivity index is 1.89. The first-order chi connectivity index (χ1) is 11.1. The lowest BCUT2D eigenvalue weighted by Crippen LogP contribution is -1.93. The van der Waals surface area contributed by atoms with E-state index in [1.165, 1.54) is 35.6 Å². The number of ether oxygens (including phenoxy) is 2. The molecule has 0 atom stereocenters. The highest BCUT2D eigenvalue weighted by Crippen LogP contribution is 2.38. The molecule has 0 amide bonds. The molecule has 0 aliphatic carbocycles. The summed E-state index contributed by atoms with van der Waals surface area (Å²) in [6, 6.07) is 6.50. The van der Waals surface area contributed by atoms with Crippen molar-refractivity contribution in [3.8, 4) is 11.5 Å². The van der Waals surface area contributed by atoms with Gasteiger partial charge in [0, 0.05) is 4.88 Å². The van der Waals surface area contributed by atoms with Crippen LogP contribution >= 0.6 is 11.3 Å². The van der Waals surface area contributed by atoms with Crippen molar-refractivity contribution < 1.29 is 19.2 Å². The maximum Gasteiger partial charge on any atom is 0.280 e. The number of thiophene rings is 1. The monoisotopic (exact) mass is 331 g/mol. The minimum absolute atomic E-state index is 0.0353. The van der Waals surface area contributed by atoms with Gasteiger partial charge in [-0.25, -0.2) is 0 Å². The highest BCUT2D eigenvalue weighted by atomic mass is 32.1. The lowest BCUT2D eigenvalue weighted by molar-refractivity contribution is -0.385. The number of carbonyl (C=O) groups is 1. The summed E-state index contributed by atoms with van der Waals surface area (Å²) in [7, 11) is 0. The molecule has 6 nitrogen and oxygen atoms in total. The van der Waals surface area contributed by atoms with Gasteiger partial charge in [-0.2, -0.15) is 0 Å². The molecule has 0 bridgehead atoms. The zero-order valence-corrected chi connectivity index (χ0v) is 13.1. The van der Waals surface area contributed by atoms with Crippen LogP contribution in [0.5, 0.6) is 11.5 Å². The number of nitrogens with zero attached hydrogens (tertiary/aromatic N) is 1. The second-order valence-corrected chi connectivity index (χ2v) is 6.01. The Hall–Kier alpha value is -2.67. The van der Waals surface area contributed by atoms with Crippen molar-refractivity contribution in [3.63, 3.8) is 0 Å². The van der Waals surface area contributed by atoms with Crippen LogP contribution in [-0.4, -0.2) is 17.5 Å². The van der Waals surface area contributed by atoms with E-state index in [1.807, 2.05) is 13.0 Å². The van der Waals surface area contributed by atoms with Gasteiger partial charge in [-0.15, -0.1) is 11.3 Å². The summed E-state index contributed by atoms with van der Waals surface area (Å²) in [5, 5.41) is 11.2. The van der Waals surface area contributed by atoms with Crippen molar-refractivity contribution in [2.45, 2.75) is 13.3 Å². The summed E-state index contributed by atoms with van der Waals surface area (Å²) < 4.78 is 10.4. The zero-order valence-electron chi connectivity index (χ0n) is 12.3. The van der Waals surface area contributed by atoms with E-state index in [-0.39, 0.29) is 18.3 Å². The number of rotatable bonds is 5. The number of nitro groups is 1. The lowest BCUT2D eigenvalue weighted by Gasteiger charge is -2.00. The van der Waals surface area contributed by atoms with Crippen LogP contribution in [0.3, 0.4) is 0 Å². The van der Waals surface area contributed by atoms with Crippen LogP contribution in [0.1, 0.15) is 27.0 Å². The van der Waals surface area contributed by atoms with Gasteiger partial charge in [0.1, 0.15) is 0 Å². The summed E-state index contributed by atoms with van der Waals surface area (Å²) >= 11 is 1.43. The fourth-order valence-corrected chi connectivity index (χ4v) is 3.05. The van der Waals surface area contributed by atoms with Gasteiger partial charge in [0.2, 0.25) is 6.79 Å². The third-order valence-electron chi connectivity index (χ3n) is 3.39. The first-order valence-corrected chi connectivity index (χ1v) is 7.79. The molecule has 3 rings (SSSR count). The number of aryl methyl sites for hydroxylation is 1. The third kappa shape index (κ3) is 3.09. The Morgan fingerprint density at radius 1 is 1.35 bits per heavy atom. The van der Waals surface area contributed by atoms with Gasteiger partial charge in [0.15, 0.2) is 17.3 Å². The Morgan fingerprint density at radius 2 is 2.09 bits per heavy atom. The number of allylic oxidation sites excluding steroid dienone is 1. The molecule has 2 aromatic rings. The maximum absolute atomic E-state index is 12.2. The number of hydrogen-bond donors (Lipinski definition) is 0. The van der Waals surface area contributed by atoms with Crippen molar-refractivity contribution in [3.05, 3.63) is 55.8 Å². The smallest absolute Gasteiger partial charge is 0.280 e. The van der Waals surface area contributed by atoms with Crippen molar-refractivity contribution in [1.29, 1.82) is 0 Å². The first kappa shape index (κ1) is 15.2. The molecule has 0 radical (unpaired) electrons. The number of fused-ring (bicyclic) bond motifs is 1. The van der Waals surface area contributed by atoms with Crippen molar-refractivity contribution in [1.82, 2.24) is 0 Å². The molecule has 2 heterocycles. The summed E-state index contributed by atoms with van der Waals surface area (Å²) in [5.74, 6) is 0.597. The van der Waals surface area contributed by atoms with Crippen LogP contribution in [0.4, 0.5) is 5.69 Å². The van der Waals surface area contributed by atoms with Gasteiger partial charge in [0.25, 0.3) is 5.69 Å². The molecule has 1 aromatic heterocycles. The van der Waals surface area contributed by atoms with E-state index in [1.54, 1.807) is 6.07 Å². The van der Waals surface area contributed by atoms with Crippen LogP contribution < -0.4 is 9.47 Å². The molecule has 23 heavy (non-hydrogen) atoms. The van der Waals surface area contributed by atoms with E-state index >= 15 is 0 Å². The third-order valence-corrected chi connectivity index (χ3v) is 4.63. The first-order valence-electron chi connectivity index (χ1n) is 6.97.